The van der Waals surface area contributed by atoms with E-state index >= 15 is 0 Å². The van der Waals surface area contributed by atoms with Crippen molar-refractivity contribution in [2.75, 3.05) is 54.5 Å². The maximum atomic E-state index is 14.8. The number of benzene rings is 3. The van der Waals surface area contributed by atoms with Crippen LogP contribution in [0.4, 0.5) is 28.4 Å². The summed E-state index contributed by atoms with van der Waals surface area (Å²) in [5, 5.41) is 26.8. The minimum absolute atomic E-state index is 0.122. The van der Waals surface area contributed by atoms with Crippen molar-refractivity contribution in [1.29, 1.82) is 0 Å². The van der Waals surface area contributed by atoms with Crippen molar-refractivity contribution < 1.29 is 32.7 Å². The number of pyridine rings is 1. The number of nitro groups is 1. The summed E-state index contributed by atoms with van der Waals surface area (Å²) < 4.78 is 43.2. The highest BCUT2D eigenvalue weighted by molar-refractivity contribution is 7.90. The third-order valence-corrected chi connectivity index (χ3v) is 19.0. The average Bonchev–Trinajstić information content (AvgIpc) is 3.83. The highest BCUT2D eigenvalue weighted by atomic mass is 32.2. The van der Waals surface area contributed by atoms with Crippen LogP contribution in [0, 0.1) is 26.9 Å². The number of carbonyl (C=O) groups excluding carboxylic acids is 1. The number of aromatic nitrogens is 2. The molecule has 1 amide bonds. The number of anilines is 4. The summed E-state index contributed by atoms with van der Waals surface area (Å²) >= 11 is 0. The number of rotatable bonds is 12. The Kier molecular flexibility index (Phi) is 13.2. The van der Waals surface area contributed by atoms with Gasteiger partial charge in [0.15, 0.2) is 0 Å². The molecule has 6 heterocycles. The van der Waals surface area contributed by atoms with Crippen molar-refractivity contribution in [3.63, 3.8) is 0 Å². The first kappa shape index (κ1) is 50.4. The third kappa shape index (κ3) is 9.85. The Balaban J connectivity index is 0.868. The van der Waals surface area contributed by atoms with Gasteiger partial charge in [0.2, 0.25) is 5.88 Å². The summed E-state index contributed by atoms with van der Waals surface area (Å²) in [5.41, 5.74) is 5.39. The number of likely N-dealkylation sites (tertiary alicyclic amines) is 1. The molecule has 4 N–H and O–H groups in total. The van der Waals surface area contributed by atoms with Crippen LogP contribution in [0.3, 0.4) is 0 Å². The molecule has 3 saturated heterocycles. The Bertz CT molecular complexity index is 3040. The number of carbonyl (C=O) groups is 1. The molecule has 17 heteroatoms. The lowest BCUT2D eigenvalue weighted by Gasteiger charge is -2.59. The minimum Gasteiger partial charge on any atom is -0.468 e. The lowest BCUT2D eigenvalue weighted by Crippen LogP contribution is -2.58. The summed E-state index contributed by atoms with van der Waals surface area (Å²) in [4.78, 5) is 41.5. The second kappa shape index (κ2) is 19.4. The van der Waals surface area contributed by atoms with Gasteiger partial charge in [0.05, 0.1) is 39.3 Å². The molecular weight excluding hydrogens is 957 g/mol. The van der Waals surface area contributed by atoms with Gasteiger partial charge in [-0.05, 0) is 154 Å². The topological polar surface area (TPSA) is 196 Å². The van der Waals surface area contributed by atoms with Crippen LogP contribution in [0.2, 0.25) is 0 Å². The maximum Gasteiger partial charge on any atom is 0.293 e. The van der Waals surface area contributed by atoms with Crippen molar-refractivity contribution in [3.8, 4) is 5.88 Å². The number of hydrogen-bond acceptors (Lipinski definition) is 13. The molecule has 3 aromatic carbocycles. The Morgan fingerprint density at radius 2 is 1.72 bits per heavy atom. The van der Waals surface area contributed by atoms with Crippen LogP contribution in [0.5, 0.6) is 5.88 Å². The number of hydrogen-bond donors (Lipinski definition) is 4. The zero-order chi connectivity index (χ0) is 51.7. The second-order valence-electron chi connectivity index (χ2n) is 23.8. The first-order valence-corrected chi connectivity index (χ1v) is 28.4. The molecule has 2 aliphatic carbocycles. The zero-order valence-electron chi connectivity index (χ0n) is 43.4. The van der Waals surface area contributed by atoms with E-state index in [9.17, 15) is 28.4 Å². The normalized spacial score (nSPS) is 26.7. The Hall–Kier alpha value is -5.75. The van der Waals surface area contributed by atoms with Gasteiger partial charge >= 0.3 is 0 Å². The van der Waals surface area contributed by atoms with E-state index in [4.69, 9.17) is 14.5 Å². The standard InChI is InChI=1S/C57H72N8O8S/c1-36(2)42-8-6-7-9-43(42)46-16-19-55(3,4)35-63(46)40-31-57(32-40)22-25-62(26-23-57)39-10-12-44(48(29-39)64-47-18-27-72-34-51(47)73-54-50(64)28-38-17-24-58-52(38)60-54)53(66)61-74(70,71)41-11-13-45(49(30-41)65(68)69)59-33-37-14-20-56(5,67)21-15-37/h6-13,17,24,28-30,36-37,40,46-47,51,59,67H,14-16,18-23,25-27,31-35H2,1-5H3,(H,58,60)(H,61,66)/t37?,46-,47+,51+,56?/m1/s1. The zero-order valence-corrected chi connectivity index (χ0v) is 44.3. The van der Waals surface area contributed by atoms with E-state index in [2.05, 4.69) is 81.7 Å². The summed E-state index contributed by atoms with van der Waals surface area (Å²) in [6, 6.07) is 23.0. The number of piperidine rings is 2. The largest absolute Gasteiger partial charge is 0.468 e. The highest BCUT2D eigenvalue weighted by Crippen LogP contribution is 2.56. The summed E-state index contributed by atoms with van der Waals surface area (Å²) in [7, 11) is -4.62. The molecule has 0 unspecified atom stereocenters. The van der Waals surface area contributed by atoms with Crippen molar-refractivity contribution in [1.82, 2.24) is 19.6 Å². The van der Waals surface area contributed by atoms with Crippen LogP contribution in [-0.4, -0.2) is 102 Å². The third-order valence-electron chi connectivity index (χ3n) is 17.6. The molecule has 0 bridgehead atoms. The monoisotopic (exact) mass is 1030 g/mol. The van der Waals surface area contributed by atoms with Crippen LogP contribution in [0.25, 0.3) is 11.0 Å². The lowest BCUT2D eigenvalue weighted by molar-refractivity contribution is -0.384. The fourth-order valence-electron chi connectivity index (χ4n) is 13.3. The lowest BCUT2D eigenvalue weighted by atomic mass is 9.59. The number of amides is 1. The molecule has 11 rings (SSSR count). The number of sulfonamides is 1. The van der Waals surface area contributed by atoms with Crippen LogP contribution < -0.4 is 24.6 Å². The van der Waals surface area contributed by atoms with E-state index in [-0.39, 0.29) is 34.0 Å². The summed E-state index contributed by atoms with van der Waals surface area (Å²) in [5.74, 6) is 0.171. The number of aliphatic hydroxyl groups is 1. The van der Waals surface area contributed by atoms with Crippen LogP contribution in [0.1, 0.15) is 139 Å². The first-order valence-electron chi connectivity index (χ1n) is 26.9. The second-order valence-corrected chi connectivity index (χ2v) is 25.5. The molecule has 394 valence electrons. The molecule has 5 fully saturated rings. The quantitative estimate of drug-likeness (QED) is 0.0681. The number of aromatic amines is 1. The van der Waals surface area contributed by atoms with E-state index in [1.54, 1.807) is 6.07 Å². The number of H-pyrrole nitrogens is 1. The smallest absolute Gasteiger partial charge is 0.293 e. The predicted octanol–water partition coefficient (Wildman–Crippen LogP) is 10.4. The fraction of sp³-hybridized carbons (Fsp3) is 0.544. The van der Waals surface area contributed by atoms with Gasteiger partial charge < -0.3 is 34.7 Å². The minimum atomic E-state index is -4.62. The van der Waals surface area contributed by atoms with Gasteiger partial charge in [0.1, 0.15) is 23.1 Å². The van der Waals surface area contributed by atoms with E-state index < -0.39 is 43.1 Å². The van der Waals surface area contributed by atoms with Crippen molar-refractivity contribution in [3.05, 3.63) is 106 Å². The first-order chi connectivity index (χ1) is 35.3. The van der Waals surface area contributed by atoms with Crippen LogP contribution in [0.15, 0.2) is 83.9 Å². The SMILES string of the molecule is CC(C)c1ccccc1[C@H]1CCC(C)(C)CN1C1CC2(CCN(c3ccc(C(=O)NS(=O)(=O)c4ccc(NCC5CCC(C)(O)CC5)c([N+](=O)[O-])c4)c(N4c5cc6cc[nH]c6nc5O[C@H]5COCC[C@@H]54)c3)CC2)C1. The highest BCUT2D eigenvalue weighted by Gasteiger charge is 2.51. The Labute approximate surface area is 434 Å². The van der Waals surface area contributed by atoms with Gasteiger partial charge in [-0.2, -0.15) is 4.98 Å². The molecular formula is C57H72N8O8S. The fourth-order valence-corrected chi connectivity index (χ4v) is 14.3. The van der Waals surface area contributed by atoms with Crippen molar-refractivity contribution in [2.45, 2.75) is 146 Å². The molecule has 2 saturated carbocycles. The van der Waals surface area contributed by atoms with E-state index in [0.717, 1.165) is 62.5 Å². The number of nitrogens with one attached hydrogen (secondary N) is 3. The Morgan fingerprint density at radius 3 is 2.47 bits per heavy atom. The van der Waals surface area contributed by atoms with Gasteiger partial charge in [-0.3, -0.25) is 19.8 Å². The van der Waals surface area contributed by atoms with Gasteiger partial charge in [0, 0.05) is 68.2 Å². The number of nitro benzene ring substituents is 1. The van der Waals surface area contributed by atoms with E-state index in [1.165, 1.54) is 48.9 Å². The Morgan fingerprint density at radius 1 is 0.946 bits per heavy atom. The molecule has 74 heavy (non-hydrogen) atoms. The molecule has 0 radical (unpaired) electrons. The number of fused-ring (bicyclic) bond motifs is 3. The van der Waals surface area contributed by atoms with Crippen molar-refractivity contribution in [2.24, 2.45) is 16.7 Å². The van der Waals surface area contributed by atoms with E-state index in [1.807, 2.05) is 37.4 Å². The molecule has 16 nitrogen and oxygen atoms in total. The average molecular weight is 1030 g/mol. The molecule has 5 aromatic rings. The van der Waals surface area contributed by atoms with Gasteiger partial charge in [-0.25, -0.2) is 13.1 Å². The maximum absolute atomic E-state index is 14.8. The summed E-state index contributed by atoms with van der Waals surface area (Å²) in [6.45, 7) is 15.3. The van der Waals surface area contributed by atoms with Crippen LogP contribution in [-0.2, 0) is 14.8 Å². The molecule has 1 spiro atoms. The van der Waals surface area contributed by atoms with Gasteiger partial charge in [-0.1, -0.05) is 52.0 Å². The molecule has 3 atom stereocenters. The van der Waals surface area contributed by atoms with Gasteiger partial charge in [-0.15, -0.1) is 0 Å². The van der Waals surface area contributed by atoms with Crippen LogP contribution >= 0.6 is 0 Å². The van der Waals surface area contributed by atoms with E-state index in [0.29, 0.717) is 79.9 Å². The molecule has 2 aromatic heterocycles. The number of ether oxygens (including phenoxy) is 2. The molecule has 4 aliphatic heterocycles. The summed E-state index contributed by atoms with van der Waals surface area (Å²) in [6.07, 6.45) is 11.6. The van der Waals surface area contributed by atoms with Crippen molar-refractivity contribution >= 4 is 55.4 Å². The molecule has 6 aliphatic rings. The predicted molar refractivity (Wildman–Crippen MR) is 287 cm³/mol. The van der Waals surface area contributed by atoms with Gasteiger partial charge in [0.25, 0.3) is 21.6 Å². The number of nitrogens with zero attached hydrogens (tertiary/aromatic N) is 5.